The third-order valence-corrected chi connectivity index (χ3v) is 7.51. The van der Waals surface area contributed by atoms with Gasteiger partial charge in [-0.25, -0.2) is 18.1 Å². The molecule has 1 aromatic carbocycles. The molecule has 0 saturated heterocycles. The molecular weight excluding hydrogens is 426 g/mol. The lowest BCUT2D eigenvalue weighted by Gasteiger charge is -2.19. The van der Waals surface area contributed by atoms with Gasteiger partial charge in [0, 0.05) is 24.8 Å². The van der Waals surface area contributed by atoms with Crippen molar-refractivity contribution in [3.05, 3.63) is 53.3 Å². The van der Waals surface area contributed by atoms with Crippen molar-refractivity contribution in [1.29, 1.82) is 0 Å². The highest BCUT2D eigenvalue weighted by molar-refractivity contribution is 7.92. The highest BCUT2D eigenvalue weighted by atomic mass is 32.2. The summed E-state index contributed by atoms with van der Waals surface area (Å²) in [6.07, 6.45) is 2.35. The Morgan fingerprint density at radius 2 is 1.94 bits per heavy atom. The number of hydrogen-bond donors (Lipinski definition) is 1. The molecular formula is C23H29N5O3S. The van der Waals surface area contributed by atoms with Crippen LogP contribution in [0.25, 0.3) is 11.0 Å². The van der Waals surface area contributed by atoms with E-state index >= 15 is 0 Å². The van der Waals surface area contributed by atoms with Crippen LogP contribution in [0.2, 0.25) is 0 Å². The quantitative estimate of drug-likeness (QED) is 0.590. The van der Waals surface area contributed by atoms with Crippen LogP contribution >= 0.6 is 0 Å². The SMILES string of the molecule is CC(C)c1cc(C(=O)NCCS(=O)(=O)N2CCc3ccccc32)c2cnn(C(C)C)c2n1. The number of benzene rings is 1. The number of rotatable bonds is 7. The molecule has 0 atom stereocenters. The predicted molar refractivity (Wildman–Crippen MR) is 126 cm³/mol. The van der Waals surface area contributed by atoms with Gasteiger partial charge in [0.2, 0.25) is 10.0 Å². The van der Waals surface area contributed by atoms with Gasteiger partial charge in [0.25, 0.3) is 5.91 Å². The number of anilines is 1. The number of hydrogen-bond acceptors (Lipinski definition) is 5. The van der Waals surface area contributed by atoms with Gasteiger partial charge in [-0.15, -0.1) is 0 Å². The van der Waals surface area contributed by atoms with Gasteiger partial charge in [0.1, 0.15) is 0 Å². The molecule has 2 aromatic heterocycles. The van der Waals surface area contributed by atoms with E-state index in [4.69, 9.17) is 4.98 Å². The Morgan fingerprint density at radius 1 is 1.19 bits per heavy atom. The first-order valence-electron chi connectivity index (χ1n) is 10.9. The lowest BCUT2D eigenvalue weighted by molar-refractivity contribution is 0.0957. The molecule has 1 amide bonds. The monoisotopic (exact) mass is 455 g/mol. The molecule has 8 nitrogen and oxygen atoms in total. The lowest BCUT2D eigenvalue weighted by Crippen LogP contribution is -2.37. The van der Waals surface area contributed by atoms with Crippen molar-refractivity contribution >= 4 is 32.7 Å². The summed E-state index contributed by atoms with van der Waals surface area (Å²) in [5.74, 6) is -0.347. The van der Waals surface area contributed by atoms with Gasteiger partial charge in [-0.3, -0.25) is 9.10 Å². The molecule has 9 heteroatoms. The number of nitrogens with zero attached hydrogens (tertiary/aromatic N) is 4. The summed E-state index contributed by atoms with van der Waals surface area (Å²) in [5.41, 5.74) is 3.69. The van der Waals surface area contributed by atoms with Crippen LogP contribution in [0.15, 0.2) is 36.5 Å². The number of amides is 1. The molecule has 3 aromatic rings. The predicted octanol–water partition coefficient (Wildman–Crippen LogP) is 3.26. The first kappa shape index (κ1) is 22.3. The average Bonchev–Trinajstić information content (AvgIpc) is 3.37. The maximum Gasteiger partial charge on any atom is 0.252 e. The zero-order chi connectivity index (χ0) is 23.0. The average molecular weight is 456 g/mol. The largest absolute Gasteiger partial charge is 0.351 e. The van der Waals surface area contributed by atoms with E-state index in [0.717, 1.165) is 16.9 Å². The first-order valence-corrected chi connectivity index (χ1v) is 12.5. The fraction of sp³-hybridized carbons (Fsp3) is 0.435. The van der Waals surface area contributed by atoms with Crippen LogP contribution < -0.4 is 9.62 Å². The highest BCUT2D eigenvalue weighted by Gasteiger charge is 2.29. The van der Waals surface area contributed by atoms with Gasteiger partial charge in [-0.1, -0.05) is 32.0 Å². The van der Waals surface area contributed by atoms with Crippen LogP contribution in [0, 0.1) is 0 Å². The normalized spacial score (nSPS) is 13.9. The number of carbonyl (C=O) groups excluding carboxylic acids is 1. The zero-order valence-corrected chi connectivity index (χ0v) is 19.7. The van der Waals surface area contributed by atoms with Gasteiger partial charge in [-0.2, -0.15) is 5.10 Å². The third-order valence-electron chi connectivity index (χ3n) is 5.74. The van der Waals surface area contributed by atoms with Gasteiger partial charge < -0.3 is 5.32 Å². The Hall–Kier alpha value is -2.94. The van der Waals surface area contributed by atoms with Crippen LogP contribution in [0.1, 0.15) is 61.3 Å². The minimum absolute atomic E-state index is 0.0268. The summed E-state index contributed by atoms with van der Waals surface area (Å²) in [6.45, 7) is 8.53. The van der Waals surface area contributed by atoms with Crippen molar-refractivity contribution in [3.8, 4) is 0 Å². The summed E-state index contributed by atoms with van der Waals surface area (Å²) in [7, 11) is -3.53. The van der Waals surface area contributed by atoms with Crippen LogP contribution in [0.3, 0.4) is 0 Å². The Bertz CT molecular complexity index is 1260. The van der Waals surface area contributed by atoms with Crippen molar-refractivity contribution in [3.63, 3.8) is 0 Å². The number of aromatic nitrogens is 3. The van der Waals surface area contributed by atoms with Gasteiger partial charge >= 0.3 is 0 Å². The van der Waals surface area contributed by atoms with Crippen LogP contribution in [-0.2, 0) is 16.4 Å². The molecule has 0 unspecified atom stereocenters. The molecule has 0 fully saturated rings. The summed E-state index contributed by atoms with van der Waals surface area (Å²) in [4.78, 5) is 17.7. The van der Waals surface area contributed by atoms with Crippen molar-refractivity contribution in [2.75, 3.05) is 23.1 Å². The number of para-hydroxylation sites is 1. The number of nitrogens with one attached hydrogen (secondary N) is 1. The third kappa shape index (κ3) is 4.09. The fourth-order valence-electron chi connectivity index (χ4n) is 3.99. The molecule has 170 valence electrons. The Labute approximate surface area is 188 Å². The smallest absolute Gasteiger partial charge is 0.252 e. The Kier molecular flexibility index (Phi) is 5.94. The first-order chi connectivity index (χ1) is 15.2. The molecule has 0 radical (unpaired) electrons. The second-order valence-electron chi connectivity index (χ2n) is 8.69. The maximum absolute atomic E-state index is 13.0. The second-order valence-corrected chi connectivity index (χ2v) is 10.7. The van der Waals surface area contributed by atoms with Crippen molar-refractivity contribution < 1.29 is 13.2 Å². The summed E-state index contributed by atoms with van der Waals surface area (Å²) in [6, 6.07) is 9.41. The number of pyridine rings is 1. The van der Waals surface area contributed by atoms with Crippen LogP contribution in [0.4, 0.5) is 5.69 Å². The molecule has 4 rings (SSSR count). The van der Waals surface area contributed by atoms with Gasteiger partial charge in [0.05, 0.1) is 28.6 Å². The maximum atomic E-state index is 13.0. The number of fused-ring (bicyclic) bond motifs is 2. The summed E-state index contributed by atoms with van der Waals surface area (Å²) >= 11 is 0. The molecule has 32 heavy (non-hydrogen) atoms. The van der Waals surface area contributed by atoms with Crippen molar-refractivity contribution in [2.45, 2.75) is 46.1 Å². The minimum Gasteiger partial charge on any atom is -0.351 e. The molecule has 0 spiro atoms. The Morgan fingerprint density at radius 3 is 2.66 bits per heavy atom. The van der Waals surface area contributed by atoms with Gasteiger partial charge in [-0.05, 0) is 43.9 Å². The van der Waals surface area contributed by atoms with E-state index < -0.39 is 10.0 Å². The topological polar surface area (TPSA) is 97.2 Å². The molecule has 0 bridgehead atoms. The molecule has 3 heterocycles. The fourth-order valence-corrected chi connectivity index (χ4v) is 5.42. The van der Waals surface area contributed by atoms with E-state index in [1.54, 1.807) is 16.9 Å². The van der Waals surface area contributed by atoms with Crippen LogP contribution in [0.5, 0.6) is 0 Å². The van der Waals surface area contributed by atoms with Gasteiger partial charge in [0.15, 0.2) is 5.65 Å². The van der Waals surface area contributed by atoms with E-state index in [9.17, 15) is 13.2 Å². The zero-order valence-electron chi connectivity index (χ0n) is 18.9. The standard InChI is InChI=1S/C23H29N5O3S/c1-15(2)20-13-18(19-14-25-28(16(3)4)22(19)26-20)23(29)24-10-12-32(30,31)27-11-9-17-7-5-6-8-21(17)27/h5-8,13-16H,9-12H2,1-4H3,(H,24,29). The van der Waals surface area contributed by atoms with Crippen LogP contribution in [-0.4, -0.2) is 47.9 Å². The second kappa shape index (κ2) is 8.54. The van der Waals surface area contributed by atoms with E-state index in [1.807, 2.05) is 52.0 Å². The minimum atomic E-state index is -3.53. The van der Waals surface area contributed by atoms with E-state index in [-0.39, 0.29) is 30.2 Å². The number of carbonyl (C=O) groups is 1. The Balaban J connectivity index is 1.52. The van der Waals surface area contributed by atoms with E-state index in [0.29, 0.717) is 29.6 Å². The molecule has 0 aliphatic carbocycles. The van der Waals surface area contributed by atoms with Crippen molar-refractivity contribution in [2.24, 2.45) is 0 Å². The summed E-state index contributed by atoms with van der Waals surface area (Å²) in [5, 5.41) is 7.86. The number of sulfonamides is 1. The lowest BCUT2D eigenvalue weighted by atomic mass is 10.0. The summed E-state index contributed by atoms with van der Waals surface area (Å²) < 4.78 is 29.0. The molecule has 1 aliphatic heterocycles. The molecule has 1 aliphatic rings. The van der Waals surface area contributed by atoms with Crippen molar-refractivity contribution in [1.82, 2.24) is 20.1 Å². The van der Waals surface area contributed by atoms with E-state index in [1.165, 1.54) is 4.31 Å². The van der Waals surface area contributed by atoms with E-state index in [2.05, 4.69) is 10.4 Å². The highest BCUT2D eigenvalue weighted by Crippen LogP contribution is 2.30. The molecule has 1 N–H and O–H groups in total. The molecule has 0 saturated carbocycles.